The highest BCUT2D eigenvalue weighted by molar-refractivity contribution is 5.52. The molecule has 0 radical (unpaired) electrons. The van der Waals surface area contributed by atoms with E-state index >= 15 is 0 Å². The Bertz CT molecular complexity index is 649. The van der Waals surface area contributed by atoms with Crippen LogP contribution in [0.3, 0.4) is 0 Å². The van der Waals surface area contributed by atoms with Crippen molar-refractivity contribution in [3.63, 3.8) is 0 Å². The summed E-state index contributed by atoms with van der Waals surface area (Å²) in [4.78, 5) is 2.28. The smallest absolute Gasteiger partial charge is 0.204 e. The predicted molar refractivity (Wildman–Crippen MR) is 94.5 cm³/mol. The predicted octanol–water partition coefficient (Wildman–Crippen LogP) is 4.34. The van der Waals surface area contributed by atoms with Crippen LogP contribution in [-0.2, 0) is 7.05 Å². The summed E-state index contributed by atoms with van der Waals surface area (Å²) in [5, 5.41) is 0. The summed E-state index contributed by atoms with van der Waals surface area (Å²) in [6.45, 7) is 6.64. The molecule has 1 heterocycles. The number of anilines is 1. The number of rotatable bonds is 4. The molecule has 1 aromatic heterocycles. The van der Waals surface area contributed by atoms with Gasteiger partial charge in [0.2, 0.25) is 5.69 Å². The van der Waals surface area contributed by atoms with Crippen LogP contribution in [0.2, 0.25) is 0 Å². The highest BCUT2D eigenvalue weighted by Gasteiger charge is 2.18. The Hall–Kier alpha value is -2.35. The molecule has 0 saturated carbocycles. The molecule has 2 nitrogen and oxygen atoms in total. The fourth-order valence-corrected chi connectivity index (χ4v) is 2.29. The second-order valence-corrected chi connectivity index (χ2v) is 6.31. The maximum atomic E-state index is 2.28. The van der Waals surface area contributed by atoms with Crippen LogP contribution >= 0.6 is 0 Å². The van der Waals surface area contributed by atoms with E-state index < -0.39 is 0 Å². The molecule has 1 aromatic carbocycles. The second-order valence-electron chi connectivity index (χ2n) is 6.31. The molecule has 0 aliphatic rings. The van der Waals surface area contributed by atoms with Crippen molar-refractivity contribution in [1.29, 1.82) is 0 Å². The van der Waals surface area contributed by atoms with Crippen molar-refractivity contribution in [2.75, 3.05) is 4.90 Å². The maximum Gasteiger partial charge on any atom is 0.204 e. The molecule has 22 heavy (non-hydrogen) atoms. The standard InChI is InChI=1S/C20H25N2/c1-20(2,3)22(19-14-6-5-7-15-19)17-11-9-13-18-12-8-10-16-21(18)4/h5-17H,1-4H3/q+1. The first-order valence-electron chi connectivity index (χ1n) is 7.62. The first kappa shape index (κ1) is 16.0. The van der Waals surface area contributed by atoms with Gasteiger partial charge in [-0.15, -0.1) is 0 Å². The van der Waals surface area contributed by atoms with E-state index in [1.165, 1.54) is 11.4 Å². The topological polar surface area (TPSA) is 7.12 Å². The summed E-state index contributed by atoms with van der Waals surface area (Å²) in [6.07, 6.45) is 10.5. The monoisotopic (exact) mass is 293 g/mol. The summed E-state index contributed by atoms with van der Waals surface area (Å²) in [7, 11) is 2.05. The SMILES string of the molecule is C[n+]1ccccc1/C=C/C=CN(c1ccccc1)C(C)(C)C. The normalized spacial score (nSPS) is 12.2. The molecule has 0 spiro atoms. The first-order chi connectivity index (χ1) is 10.5. The fourth-order valence-electron chi connectivity index (χ4n) is 2.29. The molecule has 0 atom stereocenters. The molecule has 0 unspecified atom stereocenters. The zero-order valence-electron chi connectivity index (χ0n) is 13.9. The molecule has 2 aromatic rings. The van der Waals surface area contributed by atoms with Gasteiger partial charge in [-0.3, -0.25) is 0 Å². The van der Waals surface area contributed by atoms with Gasteiger partial charge in [0.25, 0.3) is 0 Å². The molecule has 0 bridgehead atoms. The molecule has 0 aliphatic carbocycles. The van der Waals surface area contributed by atoms with E-state index in [1.54, 1.807) is 0 Å². The van der Waals surface area contributed by atoms with Gasteiger partial charge in [-0.1, -0.05) is 24.3 Å². The second kappa shape index (κ2) is 7.08. The van der Waals surface area contributed by atoms with Crippen LogP contribution in [0.4, 0.5) is 5.69 Å². The van der Waals surface area contributed by atoms with Crippen LogP contribution < -0.4 is 9.47 Å². The van der Waals surface area contributed by atoms with Gasteiger partial charge in [0.1, 0.15) is 7.05 Å². The first-order valence-corrected chi connectivity index (χ1v) is 7.62. The van der Waals surface area contributed by atoms with Gasteiger partial charge < -0.3 is 4.90 Å². The average Bonchev–Trinajstić information content (AvgIpc) is 2.48. The van der Waals surface area contributed by atoms with Gasteiger partial charge in [0, 0.05) is 35.6 Å². The van der Waals surface area contributed by atoms with E-state index in [0.717, 1.165) is 0 Å². The van der Waals surface area contributed by atoms with E-state index in [-0.39, 0.29) is 5.54 Å². The minimum Gasteiger partial charge on any atom is -0.343 e. The van der Waals surface area contributed by atoms with Crippen molar-refractivity contribution in [2.45, 2.75) is 26.3 Å². The van der Waals surface area contributed by atoms with Gasteiger partial charge in [-0.05, 0) is 45.0 Å². The third kappa shape index (κ3) is 4.32. The van der Waals surface area contributed by atoms with Crippen LogP contribution in [0.1, 0.15) is 26.5 Å². The Morgan fingerprint density at radius 1 is 0.909 bits per heavy atom. The van der Waals surface area contributed by atoms with E-state index in [2.05, 4.69) is 104 Å². The summed E-state index contributed by atoms with van der Waals surface area (Å²) in [5.41, 5.74) is 2.41. The highest BCUT2D eigenvalue weighted by Crippen LogP contribution is 2.23. The van der Waals surface area contributed by atoms with Gasteiger partial charge in [0.15, 0.2) is 6.20 Å². The van der Waals surface area contributed by atoms with Crippen molar-refractivity contribution in [1.82, 2.24) is 0 Å². The van der Waals surface area contributed by atoms with E-state index in [0.29, 0.717) is 0 Å². The zero-order valence-corrected chi connectivity index (χ0v) is 13.9. The number of benzene rings is 1. The molecular formula is C20H25N2+. The van der Waals surface area contributed by atoms with Gasteiger partial charge >= 0.3 is 0 Å². The van der Waals surface area contributed by atoms with Gasteiger partial charge in [-0.2, -0.15) is 0 Å². The third-order valence-corrected chi connectivity index (χ3v) is 3.47. The van der Waals surface area contributed by atoms with Crippen LogP contribution in [0, 0.1) is 0 Å². The van der Waals surface area contributed by atoms with Crippen molar-refractivity contribution in [3.05, 3.63) is 78.8 Å². The summed E-state index contributed by atoms with van der Waals surface area (Å²) >= 11 is 0. The molecule has 2 heteroatoms. The summed E-state index contributed by atoms with van der Waals surface area (Å²) in [6, 6.07) is 16.6. The molecule has 2 rings (SSSR count). The van der Waals surface area contributed by atoms with Crippen molar-refractivity contribution in [2.24, 2.45) is 7.05 Å². The molecular weight excluding hydrogens is 268 g/mol. The Morgan fingerprint density at radius 3 is 2.23 bits per heavy atom. The quantitative estimate of drug-likeness (QED) is 0.601. The van der Waals surface area contributed by atoms with Crippen molar-refractivity contribution in [3.8, 4) is 0 Å². The van der Waals surface area contributed by atoms with Crippen LogP contribution in [0.15, 0.2) is 73.1 Å². The maximum absolute atomic E-state index is 2.28. The minimum atomic E-state index is 0.0309. The largest absolute Gasteiger partial charge is 0.343 e. The summed E-state index contributed by atoms with van der Waals surface area (Å²) < 4.78 is 2.10. The van der Waals surface area contributed by atoms with Crippen LogP contribution in [-0.4, -0.2) is 5.54 Å². The lowest BCUT2D eigenvalue weighted by molar-refractivity contribution is -0.673. The number of para-hydroxylation sites is 1. The third-order valence-electron chi connectivity index (χ3n) is 3.47. The number of hydrogen-bond donors (Lipinski definition) is 0. The lowest BCUT2D eigenvalue weighted by atomic mass is 10.1. The Morgan fingerprint density at radius 2 is 1.59 bits per heavy atom. The van der Waals surface area contributed by atoms with Crippen LogP contribution in [0.25, 0.3) is 6.08 Å². The van der Waals surface area contributed by atoms with Crippen LogP contribution in [0.5, 0.6) is 0 Å². The lowest BCUT2D eigenvalue weighted by Crippen LogP contribution is -2.37. The number of nitrogens with zero attached hydrogens (tertiary/aromatic N) is 2. The summed E-state index contributed by atoms with van der Waals surface area (Å²) in [5.74, 6) is 0. The molecule has 0 amide bonds. The Kier molecular flexibility index (Phi) is 5.16. The van der Waals surface area contributed by atoms with E-state index in [1.807, 2.05) is 12.1 Å². The number of aromatic nitrogens is 1. The van der Waals surface area contributed by atoms with E-state index in [9.17, 15) is 0 Å². The van der Waals surface area contributed by atoms with Crippen molar-refractivity contribution < 1.29 is 4.57 Å². The number of hydrogen-bond acceptors (Lipinski definition) is 1. The molecule has 114 valence electrons. The zero-order chi connectivity index (χ0) is 16.0. The fraction of sp³-hybridized carbons (Fsp3) is 0.250. The molecule has 0 fully saturated rings. The average molecular weight is 293 g/mol. The molecule has 0 aliphatic heterocycles. The lowest BCUT2D eigenvalue weighted by Gasteiger charge is -2.34. The van der Waals surface area contributed by atoms with Gasteiger partial charge in [-0.25, -0.2) is 4.57 Å². The Balaban J connectivity index is 2.16. The number of pyridine rings is 1. The van der Waals surface area contributed by atoms with E-state index in [4.69, 9.17) is 0 Å². The number of allylic oxidation sites excluding steroid dienone is 2. The molecule has 0 saturated heterocycles. The highest BCUT2D eigenvalue weighted by atomic mass is 15.2. The van der Waals surface area contributed by atoms with Crippen molar-refractivity contribution >= 4 is 11.8 Å². The Labute approximate surface area is 134 Å². The minimum absolute atomic E-state index is 0.0309. The molecule has 0 N–H and O–H groups in total. The number of aryl methyl sites for hydroxylation is 1. The van der Waals surface area contributed by atoms with Gasteiger partial charge in [0.05, 0.1) is 0 Å².